The summed E-state index contributed by atoms with van der Waals surface area (Å²) in [6.45, 7) is 2.00. The zero-order chi connectivity index (χ0) is 12.7. The molecule has 4 heteroatoms. The third kappa shape index (κ3) is 2.18. The standard InChI is InChI=1S/C14H9BrClNS/c1-8-2-3-9(6-11(8)16)14-17-12-5-4-10(15)7-13(12)18-14/h2-7H,1H3. The van der Waals surface area contributed by atoms with Crippen LogP contribution < -0.4 is 0 Å². The molecule has 3 aromatic rings. The Balaban J connectivity index is 2.16. The van der Waals surface area contributed by atoms with Crippen molar-refractivity contribution in [3.63, 3.8) is 0 Å². The summed E-state index contributed by atoms with van der Waals surface area (Å²) in [6, 6.07) is 12.2. The second-order valence-electron chi connectivity index (χ2n) is 4.10. The van der Waals surface area contributed by atoms with Crippen LogP contribution in [0.15, 0.2) is 40.9 Å². The minimum atomic E-state index is 0.785. The topological polar surface area (TPSA) is 12.9 Å². The van der Waals surface area contributed by atoms with E-state index in [1.54, 1.807) is 11.3 Å². The number of halogens is 2. The van der Waals surface area contributed by atoms with E-state index in [-0.39, 0.29) is 0 Å². The van der Waals surface area contributed by atoms with Crippen LogP contribution in [0.2, 0.25) is 5.02 Å². The first kappa shape index (κ1) is 12.2. The number of hydrogen-bond acceptors (Lipinski definition) is 2. The Morgan fingerprint density at radius 3 is 2.78 bits per heavy atom. The summed E-state index contributed by atoms with van der Waals surface area (Å²) in [6.07, 6.45) is 0. The van der Waals surface area contributed by atoms with E-state index >= 15 is 0 Å². The highest BCUT2D eigenvalue weighted by molar-refractivity contribution is 9.10. The molecule has 0 fully saturated rings. The highest BCUT2D eigenvalue weighted by Gasteiger charge is 2.07. The van der Waals surface area contributed by atoms with Gasteiger partial charge >= 0.3 is 0 Å². The molecular formula is C14H9BrClNS. The fraction of sp³-hybridized carbons (Fsp3) is 0.0714. The number of aryl methyl sites for hydroxylation is 1. The van der Waals surface area contributed by atoms with Crippen molar-refractivity contribution in [1.82, 2.24) is 4.98 Å². The van der Waals surface area contributed by atoms with E-state index in [9.17, 15) is 0 Å². The maximum atomic E-state index is 6.16. The number of nitrogens with zero attached hydrogens (tertiary/aromatic N) is 1. The van der Waals surface area contributed by atoms with E-state index in [2.05, 4.69) is 33.0 Å². The van der Waals surface area contributed by atoms with Crippen LogP contribution in [0.25, 0.3) is 20.8 Å². The van der Waals surface area contributed by atoms with Crippen LogP contribution in [0.4, 0.5) is 0 Å². The average Bonchev–Trinajstić information content (AvgIpc) is 2.75. The minimum absolute atomic E-state index is 0.785. The van der Waals surface area contributed by atoms with Crippen LogP contribution in [0.1, 0.15) is 5.56 Å². The summed E-state index contributed by atoms with van der Waals surface area (Å²) in [5.74, 6) is 0. The molecule has 0 bridgehead atoms. The van der Waals surface area contributed by atoms with Gasteiger partial charge in [-0.2, -0.15) is 0 Å². The lowest BCUT2D eigenvalue weighted by Crippen LogP contribution is -1.79. The first-order chi connectivity index (χ1) is 8.63. The Morgan fingerprint density at radius 2 is 2.00 bits per heavy atom. The van der Waals surface area contributed by atoms with Crippen molar-refractivity contribution in [3.05, 3.63) is 51.5 Å². The molecule has 0 amide bonds. The molecule has 0 radical (unpaired) electrons. The number of hydrogen-bond donors (Lipinski definition) is 0. The maximum Gasteiger partial charge on any atom is 0.124 e. The van der Waals surface area contributed by atoms with Gasteiger partial charge < -0.3 is 0 Å². The Labute approximate surface area is 123 Å². The van der Waals surface area contributed by atoms with Crippen molar-refractivity contribution < 1.29 is 0 Å². The zero-order valence-corrected chi connectivity index (χ0v) is 12.7. The molecule has 0 unspecified atom stereocenters. The molecule has 0 saturated carbocycles. The van der Waals surface area contributed by atoms with Crippen molar-refractivity contribution in [2.45, 2.75) is 6.92 Å². The molecule has 0 spiro atoms. The first-order valence-corrected chi connectivity index (χ1v) is 7.45. The van der Waals surface area contributed by atoms with Gasteiger partial charge in [0.2, 0.25) is 0 Å². The van der Waals surface area contributed by atoms with Crippen molar-refractivity contribution in [2.75, 3.05) is 0 Å². The van der Waals surface area contributed by atoms with E-state index < -0.39 is 0 Å². The van der Waals surface area contributed by atoms with Crippen LogP contribution in [0.3, 0.4) is 0 Å². The first-order valence-electron chi connectivity index (χ1n) is 5.46. The summed E-state index contributed by atoms with van der Waals surface area (Å²) in [5.41, 5.74) is 3.18. The molecule has 18 heavy (non-hydrogen) atoms. The van der Waals surface area contributed by atoms with Crippen LogP contribution in [0.5, 0.6) is 0 Å². The minimum Gasteiger partial charge on any atom is -0.236 e. The summed E-state index contributed by atoms with van der Waals surface area (Å²) in [5, 5.41) is 1.79. The van der Waals surface area contributed by atoms with Crippen LogP contribution in [-0.4, -0.2) is 4.98 Å². The molecule has 1 nitrogen and oxygen atoms in total. The second-order valence-corrected chi connectivity index (χ2v) is 6.45. The Kier molecular flexibility index (Phi) is 3.14. The SMILES string of the molecule is Cc1ccc(-c2nc3ccc(Br)cc3s2)cc1Cl. The molecule has 0 N–H and O–H groups in total. The second kappa shape index (κ2) is 4.65. The Hall–Kier alpha value is -0.900. The Bertz CT molecular complexity index is 736. The molecule has 0 aliphatic rings. The average molecular weight is 339 g/mol. The lowest BCUT2D eigenvalue weighted by Gasteiger charge is -1.99. The van der Waals surface area contributed by atoms with Gasteiger partial charge in [0.05, 0.1) is 10.2 Å². The number of aromatic nitrogens is 1. The van der Waals surface area contributed by atoms with Gasteiger partial charge in [-0.1, -0.05) is 39.7 Å². The summed E-state index contributed by atoms with van der Waals surface area (Å²) in [4.78, 5) is 4.63. The quantitative estimate of drug-likeness (QED) is 0.555. The van der Waals surface area contributed by atoms with Crippen LogP contribution >= 0.6 is 38.9 Å². The van der Waals surface area contributed by atoms with Gasteiger partial charge in [-0.3, -0.25) is 0 Å². The maximum absolute atomic E-state index is 6.16. The van der Waals surface area contributed by atoms with Crippen LogP contribution in [-0.2, 0) is 0 Å². The van der Waals surface area contributed by atoms with Gasteiger partial charge in [-0.25, -0.2) is 4.98 Å². The van der Waals surface area contributed by atoms with Gasteiger partial charge in [-0.15, -0.1) is 11.3 Å². The fourth-order valence-corrected chi connectivity index (χ4v) is 3.44. The summed E-state index contributed by atoms with van der Waals surface area (Å²) >= 11 is 11.3. The van der Waals surface area contributed by atoms with E-state index in [4.69, 9.17) is 11.6 Å². The molecule has 0 atom stereocenters. The highest BCUT2D eigenvalue weighted by atomic mass is 79.9. The lowest BCUT2D eigenvalue weighted by molar-refractivity contribution is 1.44. The summed E-state index contributed by atoms with van der Waals surface area (Å²) in [7, 11) is 0. The zero-order valence-electron chi connectivity index (χ0n) is 9.58. The number of thiazole rings is 1. The third-order valence-corrected chi connectivity index (χ3v) is 4.74. The van der Waals surface area contributed by atoms with E-state index in [1.165, 1.54) is 4.70 Å². The van der Waals surface area contributed by atoms with Gasteiger partial charge in [0.15, 0.2) is 0 Å². The molecule has 0 saturated heterocycles. The smallest absolute Gasteiger partial charge is 0.124 e. The van der Waals surface area contributed by atoms with Crippen LogP contribution in [0, 0.1) is 6.92 Å². The molecule has 0 aliphatic carbocycles. The Morgan fingerprint density at radius 1 is 1.17 bits per heavy atom. The monoisotopic (exact) mass is 337 g/mol. The lowest BCUT2D eigenvalue weighted by atomic mass is 10.1. The summed E-state index contributed by atoms with van der Waals surface area (Å²) < 4.78 is 2.25. The highest BCUT2D eigenvalue weighted by Crippen LogP contribution is 2.33. The van der Waals surface area contributed by atoms with Gasteiger partial charge in [0.1, 0.15) is 5.01 Å². The van der Waals surface area contributed by atoms with Gasteiger partial charge in [-0.05, 0) is 36.8 Å². The van der Waals surface area contributed by atoms with Crippen molar-refractivity contribution >= 4 is 49.1 Å². The van der Waals surface area contributed by atoms with Crippen molar-refractivity contribution in [3.8, 4) is 10.6 Å². The van der Waals surface area contributed by atoms with E-state index in [1.807, 2.05) is 31.2 Å². The molecule has 0 aliphatic heterocycles. The van der Waals surface area contributed by atoms with Crippen molar-refractivity contribution in [2.24, 2.45) is 0 Å². The molecule has 1 aromatic heterocycles. The normalized spacial score (nSPS) is 11.1. The molecule has 2 aromatic carbocycles. The van der Waals surface area contributed by atoms with E-state index in [0.29, 0.717) is 0 Å². The van der Waals surface area contributed by atoms with Gasteiger partial charge in [0, 0.05) is 15.1 Å². The third-order valence-electron chi connectivity index (χ3n) is 2.77. The molecular weight excluding hydrogens is 330 g/mol. The number of rotatable bonds is 1. The fourth-order valence-electron chi connectivity index (χ4n) is 1.75. The molecule has 1 heterocycles. The molecule has 3 rings (SSSR count). The van der Waals surface area contributed by atoms with Gasteiger partial charge in [0.25, 0.3) is 0 Å². The largest absolute Gasteiger partial charge is 0.236 e. The predicted octanol–water partition coefficient (Wildman–Crippen LogP) is 5.69. The number of benzene rings is 2. The number of fused-ring (bicyclic) bond motifs is 1. The van der Waals surface area contributed by atoms with Crippen molar-refractivity contribution in [1.29, 1.82) is 0 Å². The van der Waals surface area contributed by atoms with E-state index in [0.717, 1.165) is 31.1 Å². The predicted molar refractivity (Wildman–Crippen MR) is 82.5 cm³/mol. The molecule has 90 valence electrons.